The van der Waals surface area contributed by atoms with E-state index in [0.29, 0.717) is 30.3 Å². The summed E-state index contributed by atoms with van der Waals surface area (Å²) in [6, 6.07) is 11.0. The minimum absolute atomic E-state index is 0.0297. The van der Waals surface area contributed by atoms with E-state index < -0.39 is 0 Å². The maximum Gasteiger partial charge on any atom is 0.254 e. The Balaban J connectivity index is 1.65. The molecule has 0 radical (unpaired) electrons. The van der Waals surface area contributed by atoms with Crippen molar-refractivity contribution in [3.05, 3.63) is 58.9 Å². The summed E-state index contributed by atoms with van der Waals surface area (Å²) >= 11 is 6.06. The highest BCUT2D eigenvalue weighted by molar-refractivity contribution is 6.30. The molecule has 1 N–H and O–H groups in total. The number of imidazole rings is 1. The molecule has 0 bridgehead atoms. The molecule has 6 heteroatoms. The molecular formula is C17H14ClN3O2. The third-order valence-electron chi connectivity index (χ3n) is 3.96. The van der Waals surface area contributed by atoms with Gasteiger partial charge in [-0.3, -0.25) is 4.79 Å². The Morgan fingerprint density at radius 2 is 2.17 bits per heavy atom. The maximum atomic E-state index is 12.8. The van der Waals surface area contributed by atoms with Crippen LogP contribution in [0.5, 0.6) is 5.75 Å². The molecule has 1 aliphatic rings. The van der Waals surface area contributed by atoms with Gasteiger partial charge in [-0.15, -0.1) is 0 Å². The van der Waals surface area contributed by atoms with Gasteiger partial charge in [0.2, 0.25) is 0 Å². The van der Waals surface area contributed by atoms with Gasteiger partial charge in [-0.2, -0.15) is 0 Å². The second-order valence-corrected chi connectivity index (χ2v) is 5.90. The largest absolute Gasteiger partial charge is 0.491 e. The van der Waals surface area contributed by atoms with E-state index in [4.69, 9.17) is 16.3 Å². The number of nitrogens with one attached hydrogen (secondary N) is 1. The first-order valence-corrected chi connectivity index (χ1v) is 7.72. The standard InChI is InChI=1S/C17H14ClN3O2/c18-13-2-4-16-12(7-13)9-21(5-6-23-16)17(22)11-1-3-14-15(8-11)20-10-19-14/h1-4,7-8,10H,5-6,9H2,(H,19,20). The first kappa shape index (κ1) is 14.1. The molecule has 0 saturated carbocycles. The Bertz CT molecular complexity index is 890. The van der Waals surface area contributed by atoms with E-state index >= 15 is 0 Å². The number of hydrogen-bond donors (Lipinski definition) is 1. The van der Waals surface area contributed by atoms with Crippen molar-refractivity contribution in [3.63, 3.8) is 0 Å². The van der Waals surface area contributed by atoms with Crippen molar-refractivity contribution in [2.24, 2.45) is 0 Å². The predicted molar refractivity (Wildman–Crippen MR) is 87.8 cm³/mol. The SMILES string of the molecule is O=C(c1ccc2nc[nH]c2c1)N1CCOc2ccc(Cl)cc2C1. The first-order valence-electron chi connectivity index (χ1n) is 7.34. The van der Waals surface area contributed by atoms with Gasteiger partial charge in [-0.1, -0.05) is 11.6 Å². The third-order valence-corrected chi connectivity index (χ3v) is 4.19. The highest BCUT2D eigenvalue weighted by Gasteiger charge is 2.21. The van der Waals surface area contributed by atoms with Gasteiger partial charge in [0.1, 0.15) is 12.4 Å². The number of aromatic amines is 1. The summed E-state index contributed by atoms with van der Waals surface area (Å²) in [4.78, 5) is 21.8. The zero-order chi connectivity index (χ0) is 15.8. The van der Waals surface area contributed by atoms with Gasteiger partial charge in [0.15, 0.2) is 0 Å². The van der Waals surface area contributed by atoms with Crippen LogP contribution in [0, 0.1) is 0 Å². The Morgan fingerprint density at radius 3 is 3.09 bits per heavy atom. The summed E-state index contributed by atoms with van der Waals surface area (Å²) in [5.74, 6) is 0.756. The van der Waals surface area contributed by atoms with E-state index in [1.165, 1.54) is 0 Å². The van der Waals surface area contributed by atoms with Gasteiger partial charge in [0.05, 0.1) is 23.9 Å². The number of ether oxygens (including phenoxy) is 1. The van der Waals surface area contributed by atoms with E-state index in [0.717, 1.165) is 22.3 Å². The molecule has 0 unspecified atom stereocenters. The molecule has 0 fully saturated rings. The highest BCUT2D eigenvalue weighted by Crippen LogP contribution is 2.27. The monoisotopic (exact) mass is 327 g/mol. The fourth-order valence-corrected chi connectivity index (χ4v) is 2.98. The van der Waals surface area contributed by atoms with E-state index in [9.17, 15) is 4.79 Å². The Kier molecular flexibility index (Phi) is 3.42. The van der Waals surface area contributed by atoms with Gasteiger partial charge >= 0.3 is 0 Å². The van der Waals surface area contributed by atoms with E-state index in [-0.39, 0.29) is 5.91 Å². The van der Waals surface area contributed by atoms with E-state index in [1.807, 2.05) is 24.3 Å². The molecule has 4 rings (SSSR count). The fraction of sp³-hybridized carbons (Fsp3) is 0.176. The number of carbonyl (C=O) groups excluding carboxylic acids is 1. The second kappa shape index (κ2) is 5.59. The molecular weight excluding hydrogens is 314 g/mol. The molecule has 2 aromatic carbocycles. The van der Waals surface area contributed by atoms with Gasteiger partial charge in [0, 0.05) is 22.7 Å². The molecule has 2 heterocycles. The lowest BCUT2D eigenvalue weighted by molar-refractivity contribution is 0.0733. The molecule has 23 heavy (non-hydrogen) atoms. The lowest BCUT2D eigenvalue weighted by Gasteiger charge is -2.20. The van der Waals surface area contributed by atoms with Crippen LogP contribution in [-0.2, 0) is 6.54 Å². The average Bonchev–Trinajstić information content (AvgIpc) is 2.92. The van der Waals surface area contributed by atoms with Crippen LogP contribution < -0.4 is 4.74 Å². The summed E-state index contributed by atoms with van der Waals surface area (Å²) in [6.07, 6.45) is 1.62. The van der Waals surface area contributed by atoms with Gasteiger partial charge in [-0.25, -0.2) is 4.98 Å². The van der Waals surface area contributed by atoms with Crippen molar-refractivity contribution < 1.29 is 9.53 Å². The van der Waals surface area contributed by atoms with Crippen LogP contribution in [0.2, 0.25) is 5.02 Å². The zero-order valence-electron chi connectivity index (χ0n) is 12.3. The van der Waals surface area contributed by atoms with E-state index in [1.54, 1.807) is 23.4 Å². The van der Waals surface area contributed by atoms with Crippen molar-refractivity contribution in [1.82, 2.24) is 14.9 Å². The molecule has 0 spiro atoms. The van der Waals surface area contributed by atoms with E-state index in [2.05, 4.69) is 9.97 Å². The van der Waals surface area contributed by atoms with Crippen molar-refractivity contribution in [2.75, 3.05) is 13.2 Å². The number of rotatable bonds is 1. The normalized spacial score (nSPS) is 14.2. The number of hydrogen-bond acceptors (Lipinski definition) is 3. The summed E-state index contributed by atoms with van der Waals surface area (Å²) in [5, 5.41) is 0.639. The predicted octanol–water partition coefficient (Wildman–Crippen LogP) is 3.25. The average molecular weight is 328 g/mol. The van der Waals surface area contributed by atoms with Gasteiger partial charge in [0.25, 0.3) is 5.91 Å². The van der Waals surface area contributed by atoms with Crippen molar-refractivity contribution in [2.45, 2.75) is 6.54 Å². The molecule has 0 atom stereocenters. The number of halogens is 1. The minimum atomic E-state index is -0.0297. The van der Waals surface area contributed by atoms with Gasteiger partial charge in [-0.05, 0) is 36.4 Å². The molecule has 116 valence electrons. The molecule has 0 saturated heterocycles. The molecule has 1 aliphatic heterocycles. The summed E-state index contributed by atoms with van der Waals surface area (Å²) < 4.78 is 5.71. The number of aromatic nitrogens is 2. The zero-order valence-corrected chi connectivity index (χ0v) is 13.0. The van der Waals surface area contributed by atoms with Gasteiger partial charge < -0.3 is 14.6 Å². The second-order valence-electron chi connectivity index (χ2n) is 5.46. The van der Waals surface area contributed by atoms with Crippen LogP contribution in [0.25, 0.3) is 11.0 Å². The molecule has 5 nitrogen and oxygen atoms in total. The van der Waals surface area contributed by atoms with Crippen LogP contribution in [0.3, 0.4) is 0 Å². The summed E-state index contributed by atoms with van der Waals surface area (Å²) in [6.45, 7) is 1.48. The minimum Gasteiger partial charge on any atom is -0.491 e. The molecule has 1 amide bonds. The van der Waals surface area contributed by atoms with Crippen molar-refractivity contribution in [1.29, 1.82) is 0 Å². The van der Waals surface area contributed by atoms with Crippen LogP contribution in [-0.4, -0.2) is 33.9 Å². The number of benzene rings is 2. The van der Waals surface area contributed by atoms with Crippen LogP contribution in [0.15, 0.2) is 42.7 Å². The lowest BCUT2D eigenvalue weighted by atomic mass is 10.1. The van der Waals surface area contributed by atoms with Crippen LogP contribution in [0.1, 0.15) is 15.9 Å². The molecule has 1 aromatic heterocycles. The Morgan fingerprint density at radius 1 is 1.26 bits per heavy atom. The van der Waals surface area contributed by atoms with Crippen LogP contribution >= 0.6 is 11.6 Å². The number of H-pyrrole nitrogens is 1. The maximum absolute atomic E-state index is 12.8. The summed E-state index contributed by atoms with van der Waals surface area (Å²) in [7, 11) is 0. The smallest absolute Gasteiger partial charge is 0.254 e. The number of amides is 1. The van der Waals surface area contributed by atoms with Crippen LogP contribution in [0.4, 0.5) is 0 Å². The topological polar surface area (TPSA) is 58.2 Å². The highest BCUT2D eigenvalue weighted by atomic mass is 35.5. The quantitative estimate of drug-likeness (QED) is 0.746. The van der Waals surface area contributed by atoms with Crippen molar-refractivity contribution in [3.8, 4) is 5.75 Å². The first-order chi connectivity index (χ1) is 11.2. The molecule has 3 aromatic rings. The number of nitrogens with zero attached hydrogens (tertiary/aromatic N) is 2. The molecule has 0 aliphatic carbocycles. The number of fused-ring (bicyclic) bond motifs is 2. The summed E-state index contributed by atoms with van der Waals surface area (Å²) in [5.41, 5.74) is 3.25. The fourth-order valence-electron chi connectivity index (χ4n) is 2.79. The third kappa shape index (κ3) is 2.64. The Hall–Kier alpha value is -2.53. The Labute approximate surface area is 137 Å². The lowest BCUT2D eigenvalue weighted by Crippen LogP contribution is -2.32. The number of carbonyl (C=O) groups is 1. The van der Waals surface area contributed by atoms with Crippen molar-refractivity contribution >= 4 is 28.5 Å².